The molecule has 2 fully saturated rings. The van der Waals surface area contributed by atoms with E-state index in [1.807, 2.05) is 4.90 Å². The maximum absolute atomic E-state index is 12.2. The van der Waals surface area contributed by atoms with Crippen molar-refractivity contribution in [2.24, 2.45) is 5.92 Å². The number of nitrogens with zero attached hydrogens (tertiary/aromatic N) is 2. The number of hydrogen-bond donors (Lipinski definition) is 1. The summed E-state index contributed by atoms with van der Waals surface area (Å²) in [6, 6.07) is 3.85. The Morgan fingerprint density at radius 2 is 2.33 bits per heavy atom. The van der Waals surface area contributed by atoms with Crippen LogP contribution in [0.4, 0.5) is 0 Å². The average Bonchev–Trinajstić information content (AvgIpc) is 2.98. The zero-order chi connectivity index (χ0) is 12.5. The first-order valence-corrected chi connectivity index (χ1v) is 6.45. The maximum atomic E-state index is 12.2. The molecule has 0 saturated carbocycles. The lowest BCUT2D eigenvalue weighted by atomic mass is 10.00. The van der Waals surface area contributed by atoms with E-state index in [1.165, 1.54) is 6.26 Å². The van der Waals surface area contributed by atoms with Crippen molar-refractivity contribution in [3.05, 3.63) is 24.2 Å². The quantitative estimate of drug-likeness (QED) is 0.844. The molecule has 1 amide bonds. The summed E-state index contributed by atoms with van der Waals surface area (Å²) in [5.41, 5.74) is 0. The Hall–Kier alpha value is -1.33. The van der Waals surface area contributed by atoms with Crippen molar-refractivity contribution in [2.45, 2.75) is 12.5 Å². The van der Waals surface area contributed by atoms with Gasteiger partial charge in [-0.25, -0.2) is 0 Å². The van der Waals surface area contributed by atoms with Crippen molar-refractivity contribution in [3.63, 3.8) is 0 Å². The number of aliphatic hydroxyl groups excluding tert-OH is 1. The SMILES string of the molecule is O=C(c1ccco1)N1CC2CC(C1)N(CCO)C2. The summed E-state index contributed by atoms with van der Waals surface area (Å²) in [6.45, 7) is 3.44. The number of aliphatic hydroxyl groups is 1. The van der Waals surface area contributed by atoms with Crippen molar-refractivity contribution in [3.8, 4) is 0 Å². The highest BCUT2D eigenvalue weighted by molar-refractivity contribution is 5.91. The molecule has 1 N–H and O–H groups in total. The fourth-order valence-corrected chi connectivity index (χ4v) is 3.18. The lowest BCUT2D eigenvalue weighted by Gasteiger charge is -2.32. The Kier molecular flexibility index (Phi) is 3.09. The number of likely N-dealkylation sites (tertiary alicyclic amines) is 2. The number of furan rings is 1. The first-order chi connectivity index (χ1) is 8.78. The molecule has 2 aliphatic rings. The molecular weight excluding hydrogens is 232 g/mol. The largest absolute Gasteiger partial charge is 0.459 e. The van der Waals surface area contributed by atoms with Crippen LogP contribution in [0.5, 0.6) is 0 Å². The van der Waals surface area contributed by atoms with Gasteiger partial charge in [0.05, 0.1) is 12.9 Å². The van der Waals surface area contributed by atoms with Crippen LogP contribution >= 0.6 is 0 Å². The van der Waals surface area contributed by atoms with E-state index in [9.17, 15) is 4.79 Å². The van der Waals surface area contributed by atoms with E-state index in [-0.39, 0.29) is 12.5 Å². The van der Waals surface area contributed by atoms with Crippen LogP contribution < -0.4 is 0 Å². The molecule has 0 aliphatic carbocycles. The third-order valence-electron chi connectivity index (χ3n) is 3.93. The lowest BCUT2D eigenvalue weighted by Crippen LogP contribution is -2.45. The minimum atomic E-state index is -0.0134. The highest BCUT2D eigenvalue weighted by Crippen LogP contribution is 2.30. The number of carbonyl (C=O) groups is 1. The number of rotatable bonds is 3. The molecule has 0 radical (unpaired) electrons. The van der Waals surface area contributed by atoms with Gasteiger partial charge < -0.3 is 14.4 Å². The monoisotopic (exact) mass is 250 g/mol. The van der Waals surface area contributed by atoms with Gasteiger partial charge in [0.2, 0.25) is 0 Å². The maximum Gasteiger partial charge on any atom is 0.289 e. The number of hydrogen-bond acceptors (Lipinski definition) is 4. The second kappa shape index (κ2) is 4.74. The van der Waals surface area contributed by atoms with Crippen LogP contribution in [0.25, 0.3) is 0 Å². The van der Waals surface area contributed by atoms with Crippen molar-refractivity contribution in [2.75, 3.05) is 32.8 Å². The van der Waals surface area contributed by atoms with E-state index in [4.69, 9.17) is 9.52 Å². The van der Waals surface area contributed by atoms with E-state index in [2.05, 4.69) is 4.90 Å². The molecule has 2 atom stereocenters. The van der Waals surface area contributed by atoms with Crippen LogP contribution in [0.2, 0.25) is 0 Å². The van der Waals surface area contributed by atoms with Gasteiger partial charge in [-0.1, -0.05) is 0 Å². The number of fused-ring (bicyclic) bond motifs is 2. The van der Waals surface area contributed by atoms with Crippen molar-refractivity contribution in [1.82, 2.24) is 9.80 Å². The third kappa shape index (κ3) is 2.04. The van der Waals surface area contributed by atoms with Gasteiger partial charge in [-0.15, -0.1) is 0 Å². The minimum absolute atomic E-state index is 0.0134. The third-order valence-corrected chi connectivity index (χ3v) is 3.93. The van der Waals surface area contributed by atoms with Crippen LogP contribution in [0.1, 0.15) is 17.0 Å². The molecule has 5 nitrogen and oxygen atoms in total. The average molecular weight is 250 g/mol. The molecule has 18 heavy (non-hydrogen) atoms. The Morgan fingerprint density at radius 1 is 1.44 bits per heavy atom. The zero-order valence-electron chi connectivity index (χ0n) is 10.3. The second-order valence-corrected chi connectivity index (χ2v) is 5.16. The Balaban J connectivity index is 1.69. The van der Waals surface area contributed by atoms with Crippen LogP contribution in [-0.4, -0.2) is 59.6 Å². The molecule has 2 saturated heterocycles. The number of carbonyl (C=O) groups excluding carboxylic acids is 1. The highest BCUT2D eigenvalue weighted by atomic mass is 16.3. The van der Waals surface area contributed by atoms with Crippen LogP contribution in [0.3, 0.4) is 0 Å². The normalized spacial score (nSPS) is 27.7. The molecule has 0 spiro atoms. The number of β-amino-alcohol motifs (C(OH)–C–C–N with tert-alkyl or cyclic N) is 1. The Morgan fingerprint density at radius 3 is 3.06 bits per heavy atom. The molecule has 1 aromatic rings. The second-order valence-electron chi connectivity index (χ2n) is 5.16. The van der Waals surface area contributed by atoms with Gasteiger partial charge in [0.1, 0.15) is 0 Å². The fourth-order valence-electron chi connectivity index (χ4n) is 3.18. The van der Waals surface area contributed by atoms with Gasteiger partial charge in [0.25, 0.3) is 5.91 Å². The van der Waals surface area contributed by atoms with Gasteiger partial charge in [-0.3, -0.25) is 9.69 Å². The molecule has 2 aliphatic heterocycles. The first kappa shape index (κ1) is 11.7. The molecule has 1 aromatic heterocycles. The van der Waals surface area contributed by atoms with Crippen LogP contribution in [-0.2, 0) is 0 Å². The molecule has 2 unspecified atom stereocenters. The molecule has 5 heteroatoms. The summed E-state index contributed by atoms with van der Waals surface area (Å²) in [5.74, 6) is 0.944. The van der Waals surface area contributed by atoms with E-state index < -0.39 is 0 Å². The van der Waals surface area contributed by atoms with E-state index in [0.29, 0.717) is 24.3 Å². The summed E-state index contributed by atoms with van der Waals surface area (Å²) in [4.78, 5) is 16.4. The van der Waals surface area contributed by atoms with Crippen molar-refractivity contribution >= 4 is 5.91 Å². The molecule has 3 rings (SSSR count). The van der Waals surface area contributed by atoms with Gasteiger partial charge in [0.15, 0.2) is 5.76 Å². The molecule has 2 bridgehead atoms. The van der Waals surface area contributed by atoms with Gasteiger partial charge in [-0.05, 0) is 24.5 Å². The molecule has 3 heterocycles. The fraction of sp³-hybridized carbons (Fsp3) is 0.615. The Labute approximate surface area is 106 Å². The molecule has 98 valence electrons. The van der Waals surface area contributed by atoms with E-state index >= 15 is 0 Å². The van der Waals surface area contributed by atoms with Gasteiger partial charge in [-0.2, -0.15) is 0 Å². The van der Waals surface area contributed by atoms with Crippen molar-refractivity contribution in [1.29, 1.82) is 0 Å². The summed E-state index contributed by atoms with van der Waals surface area (Å²) in [7, 11) is 0. The molecule has 0 aromatic carbocycles. The standard InChI is InChI=1S/C13H18N2O3/c16-4-3-14-7-10-6-11(14)9-15(8-10)13(17)12-2-1-5-18-12/h1-2,5,10-11,16H,3-4,6-9H2. The summed E-state index contributed by atoms with van der Waals surface area (Å²) < 4.78 is 5.17. The van der Waals surface area contributed by atoms with Gasteiger partial charge >= 0.3 is 0 Å². The zero-order valence-corrected chi connectivity index (χ0v) is 10.3. The number of piperidine rings is 1. The lowest BCUT2D eigenvalue weighted by molar-refractivity contribution is 0.0633. The van der Waals surface area contributed by atoms with Crippen LogP contribution in [0, 0.1) is 5.92 Å². The van der Waals surface area contributed by atoms with Crippen LogP contribution in [0.15, 0.2) is 22.8 Å². The topological polar surface area (TPSA) is 56.9 Å². The van der Waals surface area contributed by atoms with E-state index in [1.54, 1.807) is 12.1 Å². The smallest absolute Gasteiger partial charge is 0.289 e. The minimum Gasteiger partial charge on any atom is -0.459 e. The van der Waals surface area contributed by atoms with Gasteiger partial charge in [0, 0.05) is 32.2 Å². The Bertz CT molecular complexity index is 418. The predicted molar refractivity (Wildman–Crippen MR) is 65.2 cm³/mol. The van der Waals surface area contributed by atoms with E-state index in [0.717, 1.165) is 26.1 Å². The first-order valence-electron chi connectivity index (χ1n) is 6.45. The highest BCUT2D eigenvalue weighted by Gasteiger charge is 2.40. The summed E-state index contributed by atoms with van der Waals surface area (Å²) >= 11 is 0. The summed E-state index contributed by atoms with van der Waals surface area (Å²) in [6.07, 6.45) is 2.67. The predicted octanol–water partition coefficient (Wildman–Crippen LogP) is 0.418. The summed E-state index contributed by atoms with van der Waals surface area (Å²) in [5, 5.41) is 9.03. The molecular formula is C13H18N2O3. The number of amides is 1. The van der Waals surface area contributed by atoms with Crippen molar-refractivity contribution < 1.29 is 14.3 Å².